The van der Waals surface area contributed by atoms with E-state index in [9.17, 15) is 10.0 Å². The molecule has 0 saturated heterocycles. The van der Waals surface area contributed by atoms with E-state index in [1.54, 1.807) is 24.5 Å². The van der Waals surface area contributed by atoms with E-state index in [0.29, 0.717) is 27.0 Å². The zero-order chi connectivity index (χ0) is 18.8. The van der Waals surface area contributed by atoms with Gasteiger partial charge < -0.3 is 10.5 Å². The molecule has 7 nitrogen and oxygen atoms in total. The van der Waals surface area contributed by atoms with E-state index in [2.05, 4.69) is 15.3 Å². The van der Waals surface area contributed by atoms with Crippen molar-refractivity contribution in [1.82, 2.24) is 14.7 Å². The average Bonchev–Trinajstić information content (AvgIpc) is 2.72. The van der Waals surface area contributed by atoms with E-state index >= 15 is 0 Å². The van der Waals surface area contributed by atoms with Gasteiger partial charge >= 0.3 is 0 Å². The summed E-state index contributed by atoms with van der Waals surface area (Å²) in [5.74, 6) is 0. The van der Waals surface area contributed by atoms with Gasteiger partial charge in [-0.15, -0.1) is 4.73 Å². The predicted octanol–water partition coefficient (Wildman–Crippen LogP) is 3.31. The number of anilines is 2. The lowest BCUT2D eigenvalue weighted by molar-refractivity contribution is 0.188. The Morgan fingerprint density at radius 2 is 1.81 bits per heavy atom. The van der Waals surface area contributed by atoms with Crippen molar-refractivity contribution in [2.75, 3.05) is 5.32 Å². The van der Waals surface area contributed by atoms with Gasteiger partial charge in [0.1, 0.15) is 17.3 Å². The van der Waals surface area contributed by atoms with Gasteiger partial charge in [0.2, 0.25) is 0 Å². The van der Waals surface area contributed by atoms with E-state index in [1.165, 1.54) is 12.3 Å². The number of hydrogen-bond donors (Lipinski definition) is 2. The molecule has 1 aromatic carbocycles. The summed E-state index contributed by atoms with van der Waals surface area (Å²) < 4.78 is 0.578. The van der Waals surface area contributed by atoms with Gasteiger partial charge in [-0.3, -0.25) is 9.78 Å². The summed E-state index contributed by atoms with van der Waals surface area (Å²) in [4.78, 5) is 20.0. The third-order valence-electron chi connectivity index (χ3n) is 4.17. The summed E-state index contributed by atoms with van der Waals surface area (Å²) in [7, 11) is 0. The van der Waals surface area contributed by atoms with Crippen LogP contribution in [0.4, 0.5) is 11.4 Å². The number of aromatic nitrogens is 3. The molecule has 0 aliphatic rings. The van der Waals surface area contributed by atoms with Crippen molar-refractivity contribution >= 4 is 22.3 Å². The van der Waals surface area contributed by atoms with Crippen molar-refractivity contribution < 1.29 is 5.21 Å². The Balaban J connectivity index is 1.66. The Morgan fingerprint density at radius 3 is 2.52 bits per heavy atom. The molecule has 4 aromatic rings. The highest BCUT2D eigenvalue weighted by Crippen LogP contribution is 2.26. The quantitative estimate of drug-likeness (QED) is 0.546. The molecule has 0 saturated carbocycles. The van der Waals surface area contributed by atoms with Crippen LogP contribution >= 0.6 is 0 Å². The van der Waals surface area contributed by atoms with Crippen LogP contribution in [0.25, 0.3) is 22.0 Å². The van der Waals surface area contributed by atoms with Gasteiger partial charge in [-0.2, -0.15) is 5.26 Å². The van der Waals surface area contributed by atoms with E-state index in [1.807, 2.05) is 36.4 Å². The number of hydrogen-bond acceptors (Lipinski definition) is 6. The molecule has 0 bridgehead atoms. The number of fused-ring (bicyclic) bond motifs is 1. The van der Waals surface area contributed by atoms with Crippen molar-refractivity contribution in [3.63, 3.8) is 0 Å². The van der Waals surface area contributed by atoms with Gasteiger partial charge in [-0.25, -0.2) is 4.98 Å². The number of benzene rings is 1. The second-order valence-corrected chi connectivity index (χ2v) is 5.85. The highest BCUT2D eigenvalue weighted by atomic mass is 16.5. The SMILES string of the molecule is N#Cc1ccc(-c2ccc(Nc3cc(=O)n(O)c4cnccc34)cc2)cn1. The molecule has 3 aromatic heterocycles. The first-order chi connectivity index (χ1) is 13.2. The predicted molar refractivity (Wildman–Crippen MR) is 101 cm³/mol. The Labute approximate surface area is 153 Å². The van der Waals surface area contributed by atoms with E-state index in [-0.39, 0.29) is 0 Å². The standard InChI is InChI=1S/C20H13N5O2/c21-10-16-6-3-14(11-23-16)13-1-4-15(5-2-13)24-18-9-20(26)25(27)19-12-22-8-7-17(18)19/h1-9,11-12,24,27H. The van der Waals surface area contributed by atoms with Gasteiger partial charge in [0.25, 0.3) is 5.56 Å². The maximum atomic E-state index is 12.0. The summed E-state index contributed by atoms with van der Waals surface area (Å²) in [6.07, 6.45) is 4.68. The molecule has 0 atom stereocenters. The van der Waals surface area contributed by atoms with Crippen LogP contribution in [0, 0.1) is 11.3 Å². The summed E-state index contributed by atoms with van der Waals surface area (Å²) in [6, 6.07) is 16.2. The lowest BCUT2D eigenvalue weighted by atomic mass is 10.1. The van der Waals surface area contributed by atoms with Crippen molar-refractivity contribution in [3.8, 4) is 17.2 Å². The zero-order valence-electron chi connectivity index (χ0n) is 14.0. The molecular formula is C20H13N5O2. The molecule has 3 heterocycles. The first kappa shape index (κ1) is 16.3. The molecule has 4 rings (SSSR count). The molecule has 0 fully saturated rings. The van der Waals surface area contributed by atoms with E-state index in [4.69, 9.17) is 5.26 Å². The molecule has 0 unspecified atom stereocenters. The van der Waals surface area contributed by atoms with Crippen molar-refractivity contribution in [2.24, 2.45) is 0 Å². The van der Waals surface area contributed by atoms with Crippen LogP contribution in [0.5, 0.6) is 0 Å². The van der Waals surface area contributed by atoms with Crippen LogP contribution in [0.15, 0.2) is 71.9 Å². The molecule has 0 aliphatic heterocycles. The summed E-state index contributed by atoms with van der Waals surface area (Å²) in [5, 5.41) is 22.6. The number of nitrogens with zero attached hydrogens (tertiary/aromatic N) is 4. The zero-order valence-corrected chi connectivity index (χ0v) is 14.0. The molecule has 0 spiro atoms. The molecular weight excluding hydrogens is 342 g/mol. The minimum Gasteiger partial charge on any atom is -0.425 e. The molecule has 0 radical (unpaired) electrons. The second kappa shape index (κ2) is 6.61. The fraction of sp³-hybridized carbons (Fsp3) is 0. The lowest BCUT2D eigenvalue weighted by Gasteiger charge is -2.11. The third kappa shape index (κ3) is 3.07. The molecule has 2 N–H and O–H groups in total. The third-order valence-corrected chi connectivity index (χ3v) is 4.17. The van der Waals surface area contributed by atoms with Gasteiger partial charge in [0, 0.05) is 35.1 Å². The maximum Gasteiger partial charge on any atom is 0.285 e. The van der Waals surface area contributed by atoms with Crippen molar-refractivity contribution in [1.29, 1.82) is 5.26 Å². The van der Waals surface area contributed by atoms with Crippen LogP contribution < -0.4 is 10.9 Å². The topological polar surface area (TPSA) is 104 Å². The molecule has 0 aliphatic carbocycles. The first-order valence-electron chi connectivity index (χ1n) is 8.08. The van der Waals surface area contributed by atoms with Crippen LogP contribution in [0.2, 0.25) is 0 Å². The van der Waals surface area contributed by atoms with Crippen LogP contribution in [-0.2, 0) is 0 Å². The monoisotopic (exact) mass is 355 g/mol. The summed E-state index contributed by atoms with van der Waals surface area (Å²) >= 11 is 0. The van der Waals surface area contributed by atoms with Crippen LogP contribution in [0.1, 0.15) is 5.69 Å². The Morgan fingerprint density at radius 1 is 1.04 bits per heavy atom. The highest BCUT2D eigenvalue weighted by Gasteiger charge is 2.08. The molecule has 7 heteroatoms. The normalized spacial score (nSPS) is 10.5. The number of nitriles is 1. The van der Waals surface area contributed by atoms with E-state index < -0.39 is 5.56 Å². The highest BCUT2D eigenvalue weighted by molar-refractivity contribution is 5.92. The second-order valence-electron chi connectivity index (χ2n) is 5.85. The number of rotatable bonds is 3. The maximum absolute atomic E-state index is 12.0. The summed E-state index contributed by atoms with van der Waals surface area (Å²) in [5.41, 5.74) is 3.38. The van der Waals surface area contributed by atoms with Gasteiger partial charge in [0.15, 0.2) is 0 Å². The van der Waals surface area contributed by atoms with Crippen LogP contribution in [0.3, 0.4) is 0 Å². The molecule has 0 amide bonds. The Hall–Kier alpha value is -4.18. The number of nitrogens with one attached hydrogen (secondary N) is 1. The Bertz CT molecular complexity index is 1220. The fourth-order valence-electron chi connectivity index (χ4n) is 2.80. The smallest absolute Gasteiger partial charge is 0.285 e. The first-order valence-corrected chi connectivity index (χ1v) is 8.08. The molecule has 130 valence electrons. The number of pyridine rings is 3. The minimum absolute atomic E-state index is 0.327. The van der Waals surface area contributed by atoms with Crippen molar-refractivity contribution in [3.05, 3.63) is 83.2 Å². The van der Waals surface area contributed by atoms with Crippen LogP contribution in [-0.4, -0.2) is 19.9 Å². The van der Waals surface area contributed by atoms with Gasteiger partial charge in [-0.1, -0.05) is 12.1 Å². The largest absolute Gasteiger partial charge is 0.425 e. The summed E-state index contributed by atoms with van der Waals surface area (Å²) in [6.45, 7) is 0. The Kier molecular flexibility index (Phi) is 3.99. The minimum atomic E-state index is -0.543. The van der Waals surface area contributed by atoms with Crippen molar-refractivity contribution in [2.45, 2.75) is 0 Å². The van der Waals surface area contributed by atoms with Gasteiger partial charge in [-0.05, 0) is 35.9 Å². The van der Waals surface area contributed by atoms with E-state index in [0.717, 1.165) is 16.8 Å². The lowest BCUT2D eigenvalue weighted by Crippen LogP contribution is -2.17. The van der Waals surface area contributed by atoms with Gasteiger partial charge in [0.05, 0.1) is 11.9 Å². The average molecular weight is 355 g/mol. The molecule has 27 heavy (non-hydrogen) atoms. The fourth-order valence-corrected chi connectivity index (χ4v) is 2.80.